The number of benzene rings is 1. The van der Waals surface area contributed by atoms with Gasteiger partial charge in [-0.05, 0) is 30.7 Å². The predicted molar refractivity (Wildman–Crippen MR) is 67.0 cm³/mol. The van der Waals surface area contributed by atoms with Crippen LogP contribution in [-0.4, -0.2) is 36.0 Å². The van der Waals surface area contributed by atoms with Gasteiger partial charge in [0.2, 0.25) is 0 Å². The van der Waals surface area contributed by atoms with Crippen molar-refractivity contribution in [3.63, 3.8) is 0 Å². The van der Waals surface area contributed by atoms with Gasteiger partial charge in [-0.25, -0.2) is 0 Å². The average Bonchev–Trinajstić information content (AvgIpc) is 2.37. The van der Waals surface area contributed by atoms with E-state index in [1.807, 2.05) is 18.2 Å². The third-order valence-electron chi connectivity index (χ3n) is 2.33. The van der Waals surface area contributed by atoms with Gasteiger partial charge in [-0.1, -0.05) is 19.1 Å². The van der Waals surface area contributed by atoms with Gasteiger partial charge in [0, 0.05) is 6.54 Å². The van der Waals surface area contributed by atoms with E-state index in [-0.39, 0.29) is 13.2 Å². The minimum absolute atomic E-state index is 0.00217. The largest absolute Gasteiger partial charge is 0.491 e. The van der Waals surface area contributed by atoms with E-state index in [1.54, 1.807) is 6.07 Å². The highest BCUT2D eigenvalue weighted by Gasteiger charge is 2.04. The maximum absolute atomic E-state index is 9.63. The van der Waals surface area contributed by atoms with E-state index in [1.165, 1.54) is 0 Å². The Morgan fingerprint density at radius 2 is 2.24 bits per heavy atom. The van der Waals surface area contributed by atoms with E-state index in [0.717, 1.165) is 18.5 Å². The summed E-state index contributed by atoms with van der Waals surface area (Å²) in [4.78, 5) is 0. The lowest BCUT2D eigenvalue weighted by molar-refractivity contribution is 0.106. The van der Waals surface area contributed by atoms with Crippen LogP contribution in [0.15, 0.2) is 24.3 Å². The molecule has 1 atom stereocenters. The Hall–Kier alpha value is -1.10. The van der Waals surface area contributed by atoms with Gasteiger partial charge in [0.15, 0.2) is 0 Å². The maximum Gasteiger partial charge on any atom is 0.119 e. The van der Waals surface area contributed by atoms with Crippen LogP contribution in [0.1, 0.15) is 18.9 Å². The molecule has 0 spiro atoms. The molecule has 1 rings (SSSR count). The van der Waals surface area contributed by atoms with Crippen LogP contribution in [0.5, 0.6) is 5.75 Å². The molecule has 1 aromatic carbocycles. The normalized spacial score (nSPS) is 12.4. The lowest BCUT2D eigenvalue weighted by atomic mass is 10.2. The molecular weight excluding hydrogens is 218 g/mol. The van der Waals surface area contributed by atoms with E-state index >= 15 is 0 Å². The molecule has 0 aromatic heterocycles. The van der Waals surface area contributed by atoms with Crippen LogP contribution < -0.4 is 10.1 Å². The number of nitrogens with one attached hydrogen (secondary N) is 1. The fraction of sp³-hybridized carbons (Fsp3) is 0.538. The smallest absolute Gasteiger partial charge is 0.119 e. The molecule has 1 unspecified atom stereocenters. The fourth-order valence-electron chi connectivity index (χ4n) is 1.43. The molecule has 3 N–H and O–H groups in total. The summed E-state index contributed by atoms with van der Waals surface area (Å²) in [6.45, 7) is 3.77. The lowest BCUT2D eigenvalue weighted by Crippen LogP contribution is -2.31. The summed E-state index contributed by atoms with van der Waals surface area (Å²) >= 11 is 0. The number of ether oxygens (including phenoxy) is 1. The predicted octanol–water partition coefficient (Wildman–Crippen LogP) is 0.918. The first kappa shape index (κ1) is 14.0. The lowest BCUT2D eigenvalue weighted by Gasteiger charge is -2.13. The van der Waals surface area contributed by atoms with Crippen LogP contribution in [0, 0.1) is 0 Å². The van der Waals surface area contributed by atoms with Gasteiger partial charge in [0.1, 0.15) is 18.5 Å². The third-order valence-corrected chi connectivity index (χ3v) is 2.33. The molecular formula is C13H21NO3. The zero-order chi connectivity index (χ0) is 12.5. The van der Waals surface area contributed by atoms with E-state index in [2.05, 4.69) is 12.2 Å². The van der Waals surface area contributed by atoms with Gasteiger partial charge in [-0.2, -0.15) is 0 Å². The zero-order valence-corrected chi connectivity index (χ0v) is 10.2. The average molecular weight is 239 g/mol. The van der Waals surface area contributed by atoms with Crippen LogP contribution in [-0.2, 0) is 6.61 Å². The molecule has 0 aliphatic rings. The summed E-state index contributed by atoms with van der Waals surface area (Å²) in [5.74, 6) is 0.672. The first-order valence-corrected chi connectivity index (χ1v) is 5.97. The van der Waals surface area contributed by atoms with Gasteiger partial charge >= 0.3 is 0 Å². The minimum Gasteiger partial charge on any atom is -0.491 e. The Labute approximate surface area is 102 Å². The summed E-state index contributed by atoms with van der Waals surface area (Å²) in [5, 5.41) is 21.7. The maximum atomic E-state index is 9.63. The van der Waals surface area contributed by atoms with E-state index in [0.29, 0.717) is 12.3 Å². The molecule has 0 saturated carbocycles. The summed E-state index contributed by atoms with van der Waals surface area (Å²) in [6, 6.07) is 7.23. The Morgan fingerprint density at radius 1 is 1.41 bits per heavy atom. The quantitative estimate of drug-likeness (QED) is 0.590. The monoisotopic (exact) mass is 239 g/mol. The summed E-state index contributed by atoms with van der Waals surface area (Å²) < 4.78 is 5.44. The molecule has 0 aliphatic heterocycles. The van der Waals surface area contributed by atoms with Crippen molar-refractivity contribution in [1.82, 2.24) is 5.32 Å². The van der Waals surface area contributed by atoms with Gasteiger partial charge in [-0.3, -0.25) is 0 Å². The topological polar surface area (TPSA) is 61.7 Å². The van der Waals surface area contributed by atoms with Crippen LogP contribution in [0.2, 0.25) is 0 Å². The van der Waals surface area contributed by atoms with E-state index < -0.39 is 6.10 Å². The van der Waals surface area contributed by atoms with E-state index in [4.69, 9.17) is 9.84 Å². The van der Waals surface area contributed by atoms with Crippen molar-refractivity contribution in [2.24, 2.45) is 0 Å². The number of rotatable bonds is 8. The fourth-order valence-corrected chi connectivity index (χ4v) is 1.43. The second kappa shape index (κ2) is 8.06. The molecule has 96 valence electrons. The highest BCUT2D eigenvalue weighted by molar-refractivity contribution is 5.27. The van der Waals surface area contributed by atoms with Crippen molar-refractivity contribution in [3.8, 4) is 5.75 Å². The molecule has 0 amide bonds. The third kappa shape index (κ3) is 5.68. The number of aliphatic hydroxyl groups excluding tert-OH is 2. The van der Waals surface area contributed by atoms with Crippen molar-refractivity contribution in [2.75, 3.05) is 19.7 Å². The van der Waals surface area contributed by atoms with Crippen LogP contribution in [0.3, 0.4) is 0 Å². The summed E-state index contributed by atoms with van der Waals surface area (Å²) in [6.07, 6.45) is 0.533. The molecule has 0 aliphatic carbocycles. The summed E-state index contributed by atoms with van der Waals surface area (Å²) in [5.41, 5.74) is 0.807. The Morgan fingerprint density at radius 3 is 2.94 bits per heavy atom. The number of hydrogen-bond acceptors (Lipinski definition) is 4. The van der Waals surface area contributed by atoms with Gasteiger partial charge < -0.3 is 20.3 Å². The van der Waals surface area contributed by atoms with Gasteiger partial charge in [0.25, 0.3) is 0 Å². The molecule has 4 nitrogen and oxygen atoms in total. The molecule has 17 heavy (non-hydrogen) atoms. The molecule has 0 radical (unpaired) electrons. The minimum atomic E-state index is -0.515. The second-order valence-corrected chi connectivity index (χ2v) is 3.97. The van der Waals surface area contributed by atoms with Crippen LogP contribution in [0.25, 0.3) is 0 Å². The first-order chi connectivity index (χ1) is 8.26. The molecule has 0 fully saturated rings. The van der Waals surface area contributed by atoms with Crippen molar-refractivity contribution in [2.45, 2.75) is 26.1 Å². The van der Waals surface area contributed by atoms with Crippen LogP contribution in [0.4, 0.5) is 0 Å². The van der Waals surface area contributed by atoms with E-state index in [9.17, 15) is 5.11 Å². The standard InChI is InChI=1S/C13H21NO3/c1-2-6-14-8-12(16)10-17-13-5-3-4-11(7-13)9-15/h3-5,7,12,14-16H,2,6,8-10H2,1H3. The summed E-state index contributed by atoms with van der Waals surface area (Å²) in [7, 11) is 0. The van der Waals surface area contributed by atoms with Crippen LogP contribution >= 0.6 is 0 Å². The van der Waals surface area contributed by atoms with Crippen molar-refractivity contribution in [1.29, 1.82) is 0 Å². The second-order valence-electron chi connectivity index (χ2n) is 3.97. The van der Waals surface area contributed by atoms with Crippen molar-refractivity contribution in [3.05, 3.63) is 29.8 Å². The molecule has 4 heteroatoms. The molecule has 0 bridgehead atoms. The number of hydrogen-bond donors (Lipinski definition) is 3. The zero-order valence-electron chi connectivity index (χ0n) is 10.2. The first-order valence-electron chi connectivity index (χ1n) is 5.97. The Bertz CT molecular complexity index is 317. The van der Waals surface area contributed by atoms with Gasteiger partial charge in [-0.15, -0.1) is 0 Å². The Balaban J connectivity index is 2.28. The molecule has 0 saturated heterocycles. The van der Waals surface area contributed by atoms with Crippen molar-refractivity contribution < 1.29 is 14.9 Å². The molecule has 0 heterocycles. The highest BCUT2D eigenvalue weighted by atomic mass is 16.5. The number of aliphatic hydroxyl groups is 2. The highest BCUT2D eigenvalue weighted by Crippen LogP contribution is 2.13. The van der Waals surface area contributed by atoms with Crippen molar-refractivity contribution >= 4 is 0 Å². The Kier molecular flexibility index (Phi) is 6.62. The molecule has 1 aromatic rings. The SMILES string of the molecule is CCCNCC(O)COc1cccc(CO)c1. The van der Waals surface area contributed by atoms with Gasteiger partial charge in [0.05, 0.1) is 6.61 Å².